The number of methoxy groups -OCH3 is 1. The molecule has 2 aromatic rings. The summed E-state index contributed by atoms with van der Waals surface area (Å²) in [6, 6.07) is 14.2. The number of amides is 1. The van der Waals surface area contributed by atoms with Crippen molar-refractivity contribution in [3.05, 3.63) is 48.0 Å². The van der Waals surface area contributed by atoms with Gasteiger partial charge in [-0.15, -0.1) is 0 Å². The molecule has 0 aliphatic carbocycles. The maximum absolute atomic E-state index is 12.2. The maximum atomic E-state index is 12.2. The van der Waals surface area contributed by atoms with Gasteiger partial charge >= 0.3 is 5.97 Å². The lowest BCUT2D eigenvalue weighted by atomic mass is 9.98. The van der Waals surface area contributed by atoms with Gasteiger partial charge in [0, 0.05) is 13.5 Å². The molecular weight excluding hydrogens is 306 g/mol. The van der Waals surface area contributed by atoms with Gasteiger partial charge in [0.25, 0.3) is 0 Å². The van der Waals surface area contributed by atoms with E-state index in [9.17, 15) is 9.59 Å². The number of hydrogen-bond donors (Lipinski definition) is 2. The van der Waals surface area contributed by atoms with Gasteiger partial charge in [0.2, 0.25) is 5.91 Å². The first-order valence-corrected chi connectivity index (χ1v) is 7.91. The smallest absolute Gasteiger partial charge is 0.305 e. The van der Waals surface area contributed by atoms with Crippen LogP contribution in [0.4, 0.5) is 0 Å². The SMILES string of the molecule is COCC(C)(CC(=O)O)NC(=O)CCc1ccc2ccccc2c1. The number of nitrogens with one attached hydrogen (secondary N) is 1. The molecular formula is C19H23NO4. The van der Waals surface area contributed by atoms with Gasteiger partial charge in [-0.1, -0.05) is 42.5 Å². The van der Waals surface area contributed by atoms with Crippen molar-refractivity contribution in [2.45, 2.75) is 31.7 Å². The number of benzene rings is 2. The molecule has 2 aromatic carbocycles. The lowest BCUT2D eigenvalue weighted by Crippen LogP contribution is -2.50. The number of fused-ring (bicyclic) bond motifs is 1. The molecule has 0 aliphatic heterocycles. The fourth-order valence-corrected chi connectivity index (χ4v) is 2.83. The van der Waals surface area contributed by atoms with Crippen molar-refractivity contribution in [2.75, 3.05) is 13.7 Å². The average molecular weight is 329 g/mol. The highest BCUT2D eigenvalue weighted by Crippen LogP contribution is 2.17. The van der Waals surface area contributed by atoms with Crippen molar-refractivity contribution in [3.63, 3.8) is 0 Å². The fourth-order valence-electron chi connectivity index (χ4n) is 2.83. The predicted octanol–water partition coefficient (Wildman–Crippen LogP) is 2.77. The lowest BCUT2D eigenvalue weighted by Gasteiger charge is -2.28. The van der Waals surface area contributed by atoms with Crippen LogP contribution >= 0.6 is 0 Å². The molecule has 0 fully saturated rings. The van der Waals surface area contributed by atoms with Gasteiger partial charge in [0.15, 0.2) is 0 Å². The van der Waals surface area contributed by atoms with Crippen LogP contribution in [0.25, 0.3) is 10.8 Å². The maximum Gasteiger partial charge on any atom is 0.305 e. The predicted molar refractivity (Wildman–Crippen MR) is 92.9 cm³/mol. The van der Waals surface area contributed by atoms with E-state index in [0.29, 0.717) is 12.8 Å². The standard InChI is InChI=1S/C19H23NO4/c1-19(13-24-2,12-18(22)23)20-17(21)10-8-14-7-9-15-5-3-4-6-16(15)11-14/h3-7,9,11H,8,10,12-13H2,1-2H3,(H,20,21)(H,22,23). The van der Waals surface area contributed by atoms with Crippen LogP contribution < -0.4 is 5.32 Å². The number of aryl methyl sites for hydroxylation is 1. The highest BCUT2D eigenvalue weighted by atomic mass is 16.5. The Morgan fingerprint density at radius 1 is 1.17 bits per heavy atom. The van der Waals surface area contributed by atoms with Gasteiger partial charge in [0.05, 0.1) is 18.6 Å². The second kappa shape index (κ2) is 7.93. The zero-order valence-corrected chi connectivity index (χ0v) is 14.0. The van der Waals surface area contributed by atoms with Crippen molar-refractivity contribution in [3.8, 4) is 0 Å². The minimum atomic E-state index is -0.968. The summed E-state index contributed by atoms with van der Waals surface area (Å²) in [7, 11) is 1.49. The minimum absolute atomic E-state index is 0.154. The Labute approximate surface area is 141 Å². The molecule has 0 bridgehead atoms. The van der Waals surface area contributed by atoms with Crippen molar-refractivity contribution in [1.29, 1.82) is 0 Å². The highest BCUT2D eigenvalue weighted by Gasteiger charge is 2.29. The molecule has 2 N–H and O–H groups in total. The monoisotopic (exact) mass is 329 g/mol. The third kappa shape index (κ3) is 5.06. The molecule has 0 aliphatic rings. The van der Waals surface area contributed by atoms with Crippen LogP contribution in [-0.4, -0.2) is 36.2 Å². The summed E-state index contributed by atoms with van der Waals surface area (Å²) in [6.07, 6.45) is 0.729. The number of ether oxygens (including phenoxy) is 1. The van der Waals surface area contributed by atoms with Gasteiger partial charge < -0.3 is 15.2 Å². The molecule has 0 saturated carbocycles. The molecule has 5 nitrogen and oxygen atoms in total. The van der Waals surface area contributed by atoms with E-state index in [4.69, 9.17) is 9.84 Å². The van der Waals surface area contributed by atoms with Gasteiger partial charge in [-0.2, -0.15) is 0 Å². The second-order valence-corrected chi connectivity index (χ2v) is 6.29. The van der Waals surface area contributed by atoms with Gasteiger partial charge in [-0.3, -0.25) is 9.59 Å². The average Bonchev–Trinajstić information content (AvgIpc) is 2.52. The van der Waals surface area contributed by atoms with Crippen LogP contribution in [-0.2, 0) is 20.7 Å². The molecule has 1 amide bonds. The Morgan fingerprint density at radius 3 is 2.54 bits per heavy atom. The van der Waals surface area contributed by atoms with Crippen molar-refractivity contribution in [2.24, 2.45) is 0 Å². The molecule has 2 rings (SSSR count). The number of carbonyl (C=O) groups excluding carboxylic acids is 1. The van der Waals surface area contributed by atoms with E-state index in [2.05, 4.69) is 11.4 Å². The molecule has 5 heteroatoms. The summed E-state index contributed by atoms with van der Waals surface area (Å²) >= 11 is 0. The fraction of sp³-hybridized carbons (Fsp3) is 0.368. The first-order valence-electron chi connectivity index (χ1n) is 7.91. The molecule has 0 spiro atoms. The zero-order valence-electron chi connectivity index (χ0n) is 14.0. The summed E-state index contributed by atoms with van der Waals surface area (Å²) in [5.74, 6) is -1.15. The van der Waals surface area contributed by atoms with Crippen LogP contribution in [0, 0.1) is 0 Å². The van der Waals surface area contributed by atoms with E-state index in [1.54, 1.807) is 6.92 Å². The van der Waals surface area contributed by atoms with Crippen LogP contribution in [0.1, 0.15) is 25.3 Å². The molecule has 0 radical (unpaired) electrons. The van der Waals surface area contributed by atoms with E-state index in [1.807, 2.05) is 36.4 Å². The normalized spacial score (nSPS) is 13.4. The van der Waals surface area contributed by atoms with Crippen LogP contribution in [0.3, 0.4) is 0 Å². The number of rotatable bonds is 8. The molecule has 128 valence electrons. The third-order valence-electron chi connectivity index (χ3n) is 3.90. The van der Waals surface area contributed by atoms with Gasteiger partial charge in [-0.05, 0) is 29.7 Å². The molecule has 0 heterocycles. The Kier molecular flexibility index (Phi) is 5.93. The highest BCUT2D eigenvalue weighted by molar-refractivity contribution is 5.83. The first kappa shape index (κ1) is 17.9. The van der Waals surface area contributed by atoms with E-state index >= 15 is 0 Å². The quantitative estimate of drug-likeness (QED) is 0.781. The van der Waals surface area contributed by atoms with Crippen molar-refractivity contribution in [1.82, 2.24) is 5.32 Å². The van der Waals surface area contributed by atoms with Gasteiger partial charge in [-0.25, -0.2) is 0 Å². The Morgan fingerprint density at radius 2 is 1.88 bits per heavy atom. The second-order valence-electron chi connectivity index (χ2n) is 6.29. The van der Waals surface area contributed by atoms with E-state index in [1.165, 1.54) is 12.5 Å². The summed E-state index contributed by atoms with van der Waals surface area (Å²) in [6.45, 7) is 1.83. The van der Waals surface area contributed by atoms with Crippen molar-refractivity contribution >= 4 is 22.6 Å². The number of carboxylic acid groups (broad SMARTS) is 1. The van der Waals surface area contributed by atoms with E-state index in [-0.39, 0.29) is 18.9 Å². The number of aliphatic carboxylic acids is 1. The van der Waals surface area contributed by atoms with Gasteiger partial charge in [0.1, 0.15) is 0 Å². The summed E-state index contributed by atoms with van der Waals surface area (Å²) in [5, 5.41) is 14.1. The molecule has 24 heavy (non-hydrogen) atoms. The molecule has 1 atom stereocenters. The minimum Gasteiger partial charge on any atom is -0.481 e. The first-order chi connectivity index (χ1) is 11.4. The number of hydrogen-bond acceptors (Lipinski definition) is 3. The Balaban J connectivity index is 1.96. The zero-order chi connectivity index (χ0) is 17.6. The summed E-state index contributed by atoms with van der Waals surface area (Å²) in [4.78, 5) is 23.2. The molecule has 1 unspecified atom stereocenters. The number of carbonyl (C=O) groups is 2. The van der Waals surface area contributed by atoms with E-state index < -0.39 is 11.5 Å². The van der Waals surface area contributed by atoms with Crippen LogP contribution in [0.15, 0.2) is 42.5 Å². The lowest BCUT2D eigenvalue weighted by molar-refractivity contribution is -0.139. The summed E-state index contributed by atoms with van der Waals surface area (Å²) in [5.41, 5.74) is 0.177. The summed E-state index contributed by atoms with van der Waals surface area (Å²) < 4.78 is 5.04. The van der Waals surface area contributed by atoms with Crippen LogP contribution in [0.2, 0.25) is 0 Å². The van der Waals surface area contributed by atoms with Crippen LogP contribution in [0.5, 0.6) is 0 Å². The Hall–Kier alpha value is -2.40. The van der Waals surface area contributed by atoms with E-state index in [0.717, 1.165) is 10.9 Å². The third-order valence-corrected chi connectivity index (χ3v) is 3.90. The Bertz CT molecular complexity index is 728. The number of carboxylic acids is 1. The largest absolute Gasteiger partial charge is 0.481 e. The van der Waals surface area contributed by atoms with Crippen molar-refractivity contribution < 1.29 is 19.4 Å². The molecule has 0 aromatic heterocycles. The topological polar surface area (TPSA) is 75.6 Å². The molecule has 0 saturated heterocycles.